The Kier molecular flexibility index (Phi) is 4.63. The summed E-state index contributed by atoms with van der Waals surface area (Å²) < 4.78 is 5.58. The Morgan fingerprint density at radius 1 is 1.32 bits per heavy atom. The van der Waals surface area contributed by atoms with Crippen LogP contribution in [0.15, 0.2) is 18.2 Å². The van der Waals surface area contributed by atoms with E-state index < -0.39 is 0 Å². The van der Waals surface area contributed by atoms with Gasteiger partial charge in [0.1, 0.15) is 0 Å². The van der Waals surface area contributed by atoms with Crippen LogP contribution in [-0.2, 0) is 4.74 Å². The van der Waals surface area contributed by atoms with Gasteiger partial charge in [0.15, 0.2) is 11.5 Å². The van der Waals surface area contributed by atoms with Crippen LogP contribution in [0.2, 0.25) is 0 Å². The molecule has 5 nitrogen and oxygen atoms in total. The molecule has 1 heterocycles. The van der Waals surface area contributed by atoms with Crippen LogP contribution < -0.4 is 5.32 Å². The topological polar surface area (TPSA) is 78.8 Å². The number of rotatable bonds is 4. The van der Waals surface area contributed by atoms with Crippen LogP contribution in [-0.4, -0.2) is 35.4 Å². The average Bonchev–Trinajstić information content (AvgIpc) is 2.43. The average molecular weight is 265 g/mol. The van der Waals surface area contributed by atoms with Gasteiger partial charge in [-0.25, -0.2) is 0 Å². The Labute approximate surface area is 112 Å². The van der Waals surface area contributed by atoms with Gasteiger partial charge in [0.05, 0.1) is 6.10 Å². The van der Waals surface area contributed by atoms with E-state index in [-0.39, 0.29) is 23.5 Å². The van der Waals surface area contributed by atoms with Gasteiger partial charge in [-0.2, -0.15) is 0 Å². The number of amides is 1. The molecule has 3 N–H and O–H groups in total. The van der Waals surface area contributed by atoms with E-state index in [1.165, 1.54) is 24.6 Å². The van der Waals surface area contributed by atoms with Crippen LogP contribution in [0.25, 0.3) is 0 Å². The first-order chi connectivity index (χ1) is 9.16. The maximum absolute atomic E-state index is 11.8. The molecule has 1 unspecified atom stereocenters. The highest BCUT2D eigenvalue weighted by molar-refractivity contribution is 5.94. The van der Waals surface area contributed by atoms with Gasteiger partial charge in [0.2, 0.25) is 0 Å². The summed E-state index contributed by atoms with van der Waals surface area (Å²) in [5.41, 5.74) is 0.333. The minimum Gasteiger partial charge on any atom is -0.504 e. The van der Waals surface area contributed by atoms with Crippen molar-refractivity contribution in [2.45, 2.75) is 31.8 Å². The Balaban J connectivity index is 1.78. The monoisotopic (exact) mass is 265 g/mol. The normalized spacial score (nSPS) is 19.1. The van der Waals surface area contributed by atoms with Gasteiger partial charge in [-0.05, 0) is 43.9 Å². The standard InChI is InChI=1S/C14H19NO4/c16-12-5-4-10(9-13(12)17)14(18)15-7-6-11-3-1-2-8-19-11/h4-5,9,11,16-17H,1-3,6-8H2,(H,15,18). The lowest BCUT2D eigenvalue weighted by molar-refractivity contribution is 0.0117. The molecule has 1 aliphatic rings. The molecular formula is C14H19NO4. The molecule has 1 fully saturated rings. The third-order valence-corrected chi connectivity index (χ3v) is 3.26. The van der Waals surface area contributed by atoms with Crippen molar-refractivity contribution in [3.63, 3.8) is 0 Å². The van der Waals surface area contributed by atoms with Gasteiger partial charge in [-0.1, -0.05) is 0 Å². The molecule has 0 saturated carbocycles. The van der Waals surface area contributed by atoms with Crippen molar-refractivity contribution in [3.8, 4) is 11.5 Å². The van der Waals surface area contributed by atoms with E-state index in [2.05, 4.69) is 5.32 Å². The molecule has 1 aromatic carbocycles. The van der Waals surface area contributed by atoms with Crippen molar-refractivity contribution in [2.75, 3.05) is 13.2 Å². The minimum absolute atomic E-state index is 0.229. The first-order valence-electron chi connectivity index (χ1n) is 6.58. The number of phenols is 2. The molecule has 0 radical (unpaired) electrons. The lowest BCUT2D eigenvalue weighted by Crippen LogP contribution is -2.29. The zero-order chi connectivity index (χ0) is 13.7. The highest BCUT2D eigenvalue weighted by Crippen LogP contribution is 2.24. The summed E-state index contributed by atoms with van der Waals surface area (Å²) >= 11 is 0. The number of hydrogen-bond donors (Lipinski definition) is 3. The van der Waals surface area contributed by atoms with Gasteiger partial charge >= 0.3 is 0 Å². The maximum Gasteiger partial charge on any atom is 0.251 e. The summed E-state index contributed by atoms with van der Waals surface area (Å²) in [6.45, 7) is 1.36. The number of phenolic OH excluding ortho intramolecular Hbond substituents is 2. The van der Waals surface area contributed by atoms with E-state index in [4.69, 9.17) is 4.74 Å². The predicted octanol–water partition coefficient (Wildman–Crippen LogP) is 1.79. The van der Waals surface area contributed by atoms with Crippen molar-refractivity contribution >= 4 is 5.91 Å². The van der Waals surface area contributed by atoms with Crippen LogP contribution in [0.3, 0.4) is 0 Å². The largest absolute Gasteiger partial charge is 0.504 e. The molecular weight excluding hydrogens is 246 g/mol. The van der Waals surface area contributed by atoms with E-state index in [1.807, 2.05) is 0 Å². The van der Waals surface area contributed by atoms with Crippen molar-refractivity contribution in [3.05, 3.63) is 23.8 Å². The Hall–Kier alpha value is -1.75. The highest BCUT2D eigenvalue weighted by Gasteiger charge is 2.14. The van der Waals surface area contributed by atoms with Crippen molar-refractivity contribution < 1.29 is 19.7 Å². The number of carbonyl (C=O) groups is 1. The quantitative estimate of drug-likeness (QED) is 0.725. The van der Waals surface area contributed by atoms with Gasteiger partial charge in [-0.3, -0.25) is 4.79 Å². The predicted molar refractivity (Wildman–Crippen MR) is 70.3 cm³/mol. The molecule has 1 amide bonds. The number of hydrogen-bond acceptors (Lipinski definition) is 4. The maximum atomic E-state index is 11.8. The van der Waals surface area contributed by atoms with Crippen LogP contribution in [0.1, 0.15) is 36.0 Å². The lowest BCUT2D eigenvalue weighted by atomic mass is 10.1. The molecule has 104 valence electrons. The molecule has 1 saturated heterocycles. The fourth-order valence-electron chi connectivity index (χ4n) is 2.15. The Bertz CT molecular complexity index is 441. The number of ether oxygens (including phenoxy) is 1. The van der Waals surface area contributed by atoms with E-state index >= 15 is 0 Å². The number of aromatic hydroxyl groups is 2. The van der Waals surface area contributed by atoms with Crippen LogP contribution in [0.5, 0.6) is 11.5 Å². The number of nitrogens with one attached hydrogen (secondary N) is 1. The zero-order valence-corrected chi connectivity index (χ0v) is 10.8. The molecule has 0 spiro atoms. The van der Waals surface area contributed by atoms with Gasteiger partial charge in [0.25, 0.3) is 5.91 Å². The molecule has 0 aromatic heterocycles. The molecule has 1 aromatic rings. The number of benzene rings is 1. The second-order valence-corrected chi connectivity index (χ2v) is 4.74. The SMILES string of the molecule is O=C(NCCC1CCCCO1)c1ccc(O)c(O)c1. The molecule has 2 rings (SSSR count). The molecule has 1 aliphatic heterocycles. The van der Waals surface area contributed by atoms with E-state index in [9.17, 15) is 15.0 Å². The summed E-state index contributed by atoms with van der Waals surface area (Å²) in [5, 5.41) is 21.3. The van der Waals surface area contributed by atoms with Gasteiger partial charge in [0, 0.05) is 18.7 Å². The van der Waals surface area contributed by atoms with E-state index in [0.717, 1.165) is 25.9 Å². The highest BCUT2D eigenvalue weighted by atomic mass is 16.5. The molecule has 0 bridgehead atoms. The van der Waals surface area contributed by atoms with Crippen molar-refractivity contribution in [1.29, 1.82) is 0 Å². The van der Waals surface area contributed by atoms with Crippen molar-refractivity contribution in [1.82, 2.24) is 5.32 Å². The van der Waals surface area contributed by atoms with Crippen molar-refractivity contribution in [2.24, 2.45) is 0 Å². The Morgan fingerprint density at radius 2 is 2.16 bits per heavy atom. The second kappa shape index (κ2) is 6.43. The van der Waals surface area contributed by atoms with E-state index in [1.54, 1.807) is 0 Å². The zero-order valence-electron chi connectivity index (χ0n) is 10.8. The summed E-state index contributed by atoms with van der Waals surface area (Å²) in [6, 6.07) is 4.03. The van der Waals surface area contributed by atoms with Gasteiger partial charge in [-0.15, -0.1) is 0 Å². The van der Waals surface area contributed by atoms with Crippen LogP contribution in [0, 0.1) is 0 Å². The second-order valence-electron chi connectivity index (χ2n) is 4.74. The molecule has 19 heavy (non-hydrogen) atoms. The Morgan fingerprint density at radius 3 is 2.84 bits per heavy atom. The molecule has 1 atom stereocenters. The van der Waals surface area contributed by atoms with Gasteiger partial charge < -0.3 is 20.3 Å². The third-order valence-electron chi connectivity index (χ3n) is 3.26. The lowest BCUT2D eigenvalue weighted by Gasteiger charge is -2.22. The summed E-state index contributed by atoms with van der Waals surface area (Å²) in [4.78, 5) is 11.8. The van der Waals surface area contributed by atoms with E-state index in [0.29, 0.717) is 12.1 Å². The number of carbonyl (C=O) groups excluding carboxylic acids is 1. The minimum atomic E-state index is -0.289. The first kappa shape index (κ1) is 13.7. The first-order valence-corrected chi connectivity index (χ1v) is 6.58. The molecule has 0 aliphatic carbocycles. The smallest absolute Gasteiger partial charge is 0.251 e. The summed E-state index contributed by atoms with van der Waals surface area (Å²) in [5.74, 6) is -0.776. The van der Waals surface area contributed by atoms with Crippen LogP contribution in [0.4, 0.5) is 0 Å². The molecule has 5 heteroatoms. The summed E-state index contributed by atoms with van der Waals surface area (Å²) in [6.07, 6.45) is 4.40. The van der Waals surface area contributed by atoms with Crippen LogP contribution >= 0.6 is 0 Å². The third kappa shape index (κ3) is 3.86. The summed E-state index contributed by atoms with van der Waals surface area (Å²) in [7, 11) is 0. The fraction of sp³-hybridized carbons (Fsp3) is 0.500. The fourth-order valence-corrected chi connectivity index (χ4v) is 2.15.